The average Bonchev–Trinajstić information content (AvgIpc) is 3.08. The molecule has 0 aliphatic rings. The molecular weight excluding hydrogens is 651 g/mol. The fourth-order valence-corrected chi connectivity index (χ4v) is 4.97. The van der Waals surface area contributed by atoms with Gasteiger partial charge in [-0.15, -0.1) is 0 Å². The smallest absolute Gasteiger partial charge is 0.462 e. The zero-order valence-corrected chi connectivity index (χ0v) is 31.9. The molecule has 0 bridgehead atoms. The van der Waals surface area contributed by atoms with Crippen LogP contribution >= 0.6 is 7.82 Å². The molecule has 0 aliphatic carbocycles. The summed E-state index contributed by atoms with van der Waals surface area (Å²) < 4.78 is 26.2. The Morgan fingerprint density at radius 3 is 1.50 bits per heavy atom. The predicted molar refractivity (Wildman–Crippen MR) is 207 cm³/mol. The Morgan fingerprint density at radius 2 is 0.980 bits per heavy atom. The molecule has 0 amide bonds. The summed E-state index contributed by atoms with van der Waals surface area (Å²) in [5, 5.41) is 0. The van der Waals surface area contributed by atoms with E-state index in [2.05, 4.69) is 97.4 Å². The second-order valence-corrected chi connectivity index (χ2v) is 13.4. The van der Waals surface area contributed by atoms with E-state index in [0.29, 0.717) is 12.8 Å². The van der Waals surface area contributed by atoms with E-state index in [1.54, 1.807) is 0 Å². The molecule has 0 aliphatic heterocycles. The first-order chi connectivity index (χ1) is 24.3. The minimum Gasteiger partial charge on any atom is -0.462 e. The van der Waals surface area contributed by atoms with Crippen LogP contribution in [0.4, 0.5) is 0 Å². The van der Waals surface area contributed by atoms with Gasteiger partial charge in [0.25, 0.3) is 0 Å². The van der Waals surface area contributed by atoms with Crippen LogP contribution in [-0.4, -0.2) is 41.0 Å². The van der Waals surface area contributed by atoms with Gasteiger partial charge in [0.2, 0.25) is 0 Å². The molecule has 0 saturated heterocycles. The van der Waals surface area contributed by atoms with Crippen molar-refractivity contribution in [3.05, 3.63) is 85.1 Å². The number of hydrogen-bond acceptors (Lipinski definition) is 6. The highest BCUT2D eigenvalue weighted by Gasteiger charge is 2.22. The van der Waals surface area contributed by atoms with Crippen molar-refractivity contribution in [2.45, 2.75) is 148 Å². The van der Waals surface area contributed by atoms with Gasteiger partial charge in [0.1, 0.15) is 6.61 Å². The van der Waals surface area contributed by atoms with Crippen LogP contribution in [0.15, 0.2) is 85.1 Å². The minimum atomic E-state index is -4.77. The Morgan fingerprint density at radius 1 is 0.540 bits per heavy atom. The number of phosphoric ester groups is 1. The van der Waals surface area contributed by atoms with Crippen molar-refractivity contribution in [1.29, 1.82) is 0 Å². The van der Waals surface area contributed by atoms with Gasteiger partial charge in [0.15, 0.2) is 6.10 Å². The number of phosphoric acid groups is 1. The maximum Gasteiger partial charge on any atom is 0.469 e. The second-order valence-electron chi connectivity index (χ2n) is 12.2. The molecule has 0 spiro atoms. The predicted octanol–water partition coefficient (Wildman–Crippen LogP) is 11.3. The molecule has 0 rings (SSSR count). The molecule has 284 valence electrons. The molecule has 0 saturated carbocycles. The zero-order valence-electron chi connectivity index (χ0n) is 31.0. The molecule has 50 heavy (non-hydrogen) atoms. The van der Waals surface area contributed by atoms with Crippen molar-refractivity contribution in [3.63, 3.8) is 0 Å². The number of rotatable bonds is 33. The lowest BCUT2D eigenvalue weighted by molar-refractivity contribution is -0.161. The molecule has 0 heterocycles. The monoisotopic (exact) mass is 718 g/mol. The standard InChI is InChI=1S/C41H67O8P/c1-3-5-7-9-11-13-15-17-19-20-22-23-25-27-29-31-33-35-40(42)47-37-39(38-48-50(44,45)46)49-41(43)36-34-32-30-28-26-24-21-18-16-14-12-10-8-6-4-2/h5,7,11-14,17-19,21-23,27,29,39H,3-4,6,8-10,15-16,20,24-26,28,30-38H2,1-2H3,(H2,44,45,46)/b7-5+,13-11+,14-12+,19-17+,21-18+,23-22+,29-27+/t39-/m1/s1. The van der Waals surface area contributed by atoms with Crippen LogP contribution < -0.4 is 0 Å². The summed E-state index contributed by atoms with van der Waals surface area (Å²) in [6.07, 6.45) is 47.3. The van der Waals surface area contributed by atoms with Gasteiger partial charge in [-0.3, -0.25) is 14.1 Å². The van der Waals surface area contributed by atoms with Crippen LogP contribution in [0.3, 0.4) is 0 Å². The van der Waals surface area contributed by atoms with E-state index >= 15 is 0 Å². The van der Waals surface area contributed by atoms with Gasteiger partial charge in [-0.2, -0.15) is 0 Å². The summed E-state index contributed by atoms with van der Waals surface area (Å²) in [5.41, 5.74) is 0. The van der Waals surface area contributed by atoms with Crippen LogP contribution in [0.25, 0.3) is 0 Å². The fraction of sp³-hybridized carbons (Fsp3) is 0.610. The lowest BCUT2D eigenvalue weighted by Crippen LogP contribution is -2.29. The van der Waals surface area contributed by atoms with Crippen molar-refractivity contribution in [1.82, 2.24) is 0 Å². The first-order valence-corrected chi connectivity index (χ1v) is 20.4. The van der Waals surface area contributed by atoms with Crippen LogP contribution in [-0.2, 0) is 28.2 Å². The maximum absolute atomic E-state index is 12.4. The maximum atomic E-state index is 12.4. The largest absolute Gasteiger partial charge is 0.469 e. The van der Waals surface area contributed by atoms with E-state index in [4.69, 9.17) is 19.3 Å². The van der Waals surface area contributed by atoms with Gasteiger partial charge in [-0.1, -0.05) is 131 Å². The summed E-state index contributed by atoms with van der Waals surface area (Å²) in [7, 11) is -4.77. The number of unbranched alkanes of at least 4 members (excludes halogenated alkanes) is 9. The summed E-state index contributed by atoms with van der Waals surface area (Å²) in [5.74, 6) is -0.979. The van der Waals surface area contributed by atoms with E-state index in [9.17, 15) is 14.2 Å². The third kappa shape index (κ3) is 38.0. The van der Waals surface area contributed by atoms with E-state index in [-0.39, 0.29) is 19.4 Å². The van der Waals surface area contributed by atoms with Gasteiger partial charge >= 0.3 is 19.8 Å². The lowest BCUT2D eigenvalue weighted by atomic mass is 10.1. The molecule has 2 N–H and O–H groups in total. The lowest BCUT2D eigenvalue weighted by Gasteiger charge is -2.18. The van der Waals surface area contributed by atoms with E-state index in [0.717, 1.165) is 83.5 Å². The third-order valence-corrected chi connectivity index (χ3v) is 7.88. The van der Waals surface area contributed by atoms with Gasteiger partial charge in [0, 0.05) is 12.8 Å². The highest BCUT2D eigenvalue weighted by Crippen LogP contribution is 2.35. The number of allylic oxidation sites excluding steroid dienone is 14. The van der Waals surface area contributed by atoms with Crippen LogP contribution in [0.5, 0.6) is 0 Å². The van der Waals surface area contributed by atoms with Crippen molar-refractivity contribution in [2.24, 2.45) is 0 Å². The fourth-order valence-electron chi connectivity index (χ4n) is 4.61. The summed E-state index contributed by atoms with van der Waals surface area (Å²) in [6, 6.07) is 0. The number of carbonyl (C=O) groups is 2. The van der Waals surface area contributed by atoms with Crippen molar-refractivity contribution in [2.75, 3.05) is 13.2 Å². The molecule has 1 atom stereocenters. The van der Waals surface area contributed by atoms with Crippen LogP contribution in [0, 0.1) is 0 Å². The zero-order chi connectivity index (χ0) is 36.8. The first kappa shape index (κ1) is 47.2. The molecule has 0 aromatic rings. The van der Waals surface area contributed by atoms with Crippen LogP contribution in [0.2, 0.25) is 0 Å². The Bertz CT molecular complexity index is 1080. The summed E-state index contributed by atoms with van der Waals surface area (Å²) >= 11 is 0. The molecule has 0 unspecified atom stereocenters. The Kier molecular flexibility index (Phi) is 34.0. The second kappa shape index (κ2) is 36.0. The van der Waals surface area contributed by atoms with Crippen molar-refractivity contribution >= 4 is 19.8 Å². The van der Waals surface area contributed by atoms with Gasteiger partial charge in [0.05, 0.1) is 6.61 Å². The topological polar surface area (TPSA) is 119 Å². The Balaban J connectivity index is 4.12. The molecule has 0 aromatic carbocycles. The summed E-state index contributed by atoms with van der Waals surface area (Å²) in [6.45, 7) is 3.46. The third-order valence-electron chi connectivity index (χ3n) is 7.40. The van der Waals surface area contributed by atoms with Gasteiger partial charge in [-0.05, 0) is 83.5 Å². The Labute approximate surface area is 303 Å². The molecule has 0 radical (unpaired) electrons. The number of hydrogen-bond donors (Lipinski definition) is 2. The Hall–Kier alpha value is -2.77. The quantitative estimate of drug-likeness (QED) is 0.0298. The minimum absolute atomic E-state index is 0.179. The van der Waals surface area contributed by atoms with E-state index in [1.165, 1.54) is 19.3 Å². The van der Waals surface area contributed by atoms with E-state index < -0.39 is 32.5 Å². The number of esters is 2. The van der Waals surface area contributed by atoms with Crippen molar-refractivity contribution in [3.8, 4) is 0 Å². The normalized spacial score (nSPS) is 13.4. The first-order valence-electron chi connectivity index (χ1n) is 18.9. The van der Waals surface area contributed by atoms with E-state index in [1.807, 2.05) is 6.08 Å². The number of carbonyl (C=O) groups excluding carboxylic acids is 2. The molecule has 0 aromatic heterocycles. The highest BCUT2D eigenvalue weighted by molar-refractivity contribution is 7.46. The molecule has 0 fully saturated rings. The molecular formula is C41H67O8P. The molecule has 8 nitrogen and oxygen atoms in total. The van der Waals surface area contributed by atoms with Gasteiger partial charge < -0.3 is 19.3 Å². The van der Waals surface area contributed by atoms with Gasteiger partial charge in [-0.25, -0.2) is 4.57 Å². The number of ether oxygens (including phenoxy) is 2. The highest BCUT2D eigenvalue weighted by atomic mass is 31.2. The van der Waals surface area contributed by atoms with Crippen LogP contribution in [0.1, 0.15) is 142 Å². The molecule has 9 heteroatoms. The average molecular weight is 719 g/mol. The summed E-state index contributed by atoms with van der Waals surface area (Å²) in [4.78, 5) is 42.7. The SMILES string of the molecule is CC/C=C/C/C=C/C/C=C/C/C=C/C/C=C/CCCC(=O)OC[C@H](COP(=O)(O)O)OC(=O)CCCCCCC/C=C/C/C=C/CCCCC. The van der Waals surface area contributed by atoms with Crippen molar-refractivity contribution < 1.29 is 37.9 Å².